The van der Waals surface area contributed by atoms with Gasteiger partial charge in [0.05, 0.1) is 0 Å². The molecule has 0 aromatic rings. The second-order valence-electron chi connectivity index (χ2n) is 6.05. The molecule has 116 valence electrons. The summed E-state index contributed by atoms with van der Waals surface area (Å²) in [6.07, 6.45) is 0. The van der Waals surface area contributed by atoms with Crippen molar-refractivity contribution in [3.8, 4) is 0 Å². The van der Waals surface area contributed by atoms with Crippen LogP contribution >= 0.6 is 0 Å². The quantitative estimate of drug-likeness (QED) is 0.719. The number of nitrogens with one attached hydrogen (secondary N) is 2. The van der Waals surface area contributed by atoms with Crippen molar-refractivity contribution >= 4 is 23.9 Å². The summed E-state index contributed by atoms with van der Waals surface area (Å²) >= 11 is 0. The first-order chi connectivity index (χ1) is 9.73. The van der Waals surface area contributed by atoms with Gasteiger partial charge >= 0.3 is 12.1 Å². The Labute approximate surface area is 122 Å². The summed E-state index contributed by atoms with van der Waals surface area (Å²) in [5.74, 6) is -0.922. The maximum Gasteiger partial charge on any atom is 0.326 e. The number of carbonyl (C=O) groups is 4. The van der Waals surface area contributed by atoms with Gasteiger partial charge in [-0.2, -0.15) is 0 Å². The Kier molecular flexibility index (Phi) is 3.89. The van der Waals surface area contributed by atoms with Crippen LogP contribution in [-0.4, -0.2) is 52.4 Å². The lowest BCUT2D eigenvalue weighted by atomic mass is 10.0. The normalized spacial score (nSPS) is 26.2. The van der Waals surface area contributed by atoms with Crippen molar-refractivity contribution < 1.29 is 19.2 Å². The second kappa shape index (κ2) is 5.34. The van der Waals surface area contributed by atoms with E-state index in [-0.39, 0.29) is 30.3 Å². The molecular weight excluding hydrogens is 276 g/mol. The summed E-state index contributed by atoms with van der Waals surface area (Å²) in [4.78, 5) is 50.0. The third-order valence-corrected chi connectivity index (χ3v) is 3.76. The molecule has 0 aromatic carbocycles. The van der Waals surface area contributed by atoms with Crippen LogP contribution in [0.2, 0.25) is 0 Å². The number of carbonyl (C=O) groups excluding carboxylic acids is 4. The van der Waals surface area contributed by atoms with Crippen LogP contribution in [0, 0.1) is 11.8 Å². The van der Waals surface area contributed by atoms with E-state index in [1.165, 1.54) is 9.80 Å². The van der Waals surface area contributed by atoms with Crippen molar-refractivity contribution in [1.82, 2.24) is 20.4 Å². The van der Waals surface area contributed by atoms with E-state index in [1.807, 2.05) is 27.7 Å². The molecule has 0 saturated carbocycles. The van der Waals surface area contributed by atoms with Gasteiger partial charge in [0.15, 0.2) is 0 Å². The minimum atomic E-state index is -0.631. The van der Waals surface area contributed by atoms with Crippen LogP contribution in [0.3, 0.4) is 0 Å². The minimum Gasteiger partial charge on any atom is -0.294 e. The van der Waals surface area contributed by atoms with Crippen molar-refractivity contribution in [2.75, 3.05) is 6.67 Å². The third kappa shape index (κ3) is 2.57. The summed E-state index contributed by atoms with van der Waals surface area (Å²) in [6.45, 7) is 7.22. The maximum atomic E-state index is 11.9. The van der Waals surface area contributed by atoms with E-state index >= 15 is 0 Å². The van der Waals surface area contributed by atoms with Crippen molar-refractivity contribution in [2.45, 2.75) is 39.8 Å². The summed E-state index contributed by atoms with van der Waals surface area (Å²) in [5, 5.41) is 4.49. The molecular formula is C13H20N4O4. The van der Waals surface area contributed by atoms with Crippen LogP contribution in [0.5, 0.6) is 0 Å². The largest absolute Gasteiger partial charge is 0.326 e. The second-order valence-corrected chi connectivity index (χ2v) is 6.05. The highest BCUT2D eigenvalue weighted by Gasteiger charge is 2.46. The Balaban J connectivity index is 2.23. The van der Waals surface area contributed by atoms with Gasteiger partial charge in [-0.1, -0.05) is 27.7 Å². The van der Waals surface area contributed by atoms with Gasteiger partial charge in [-0.3, -0.25) is 30.0 Å². The molecule has 2 saturated heterocycles. The molecule has 0 aromatic heterocycles. The zero-order valence-corrected chi connectivity index (χ0v) is 12.5. The van der Waals surface area contributed by atoms with Gasteiger partial charge in [-0.25, -0.2) is 9.59 Å². The van der Waals surface area contributed by atoms with Crippen molar-refractivity contribution in [3.05, 3.63) is 0 Å². The van der Waals surface area contributed by atoms with Crippen LogP contribution in [0.1, 0.15) is 27.7 Å². The highest BCUT2D eigenvalue weighted by Crippen LogP contribution is 2.22. The van der Waals surface area contributed by atoms with Gasteiger partial charge in [-0.05, 0) is 11.8 Å². The maximum absolute atomic E-state index is 11.9. The summed E-state index contributed by atoms with van der Waals surface area (Å²) in [5.41, 5.74) is 0. The smallest absolute Gasteiger partial charge is 0.294 e. The Morgan fingerprint density at radius 2 is 1.14 bits per heavy atom. The van der Waals surface area contributed by atoms with Gasteiger partial charge in [0.2, 0.25) is 0 Å². The SMILES string of the molecule is CC(C)C1C(=O)NC(=O)N1CN1C(=O)NC(=O)C1C(C)C. The molecule has 2 fully saturated rings. The zero-order valence-electron chi connectivity index (χ0n) is 12.5. The van der Waals surface area contributed by atoms with Crippen molar-refractivity contribution in [1.29, 1.82) is 0 Å². The molecule has 8 heteroatoms. The molecule has 2 unspecified atom stereocenters. The lowest BCUT2D eigenvalue weighted by Crippen LogP contribution is -2.50. The molecule has 2 rings (SSSR count). The van der Waals surface area contributed by atoms with Crippen LogP contribution < -0.4 is 10.6 Å². The van der Waals surface area contributed by atoms with Gasteiger partial charge in [-0.15, -0.1) is 0 Å². The molecule has 2 heterocycles. The fourth-order valence-electron chi connectivity index (χ4n) is 2.83. The summed E-state index contributed by atoms with van der Waals surface area (Å²) < 4.78 is 0. The Morgan fingerprint density at radius 3 is 1.43 bits per heavy atom. The number of amides is 6. The fraction of sp³-hybridized carbons (Fsp3) is 0.692. The number of nitrogens with zero attached hydrogens (tertiary/aromatic N) is 2. The Bertz CT molecular complexity index is 458. The van der Waals surface area contributed by atoms with E-state index in [0.717, 1.165) is 0 Å². The van der Waals surface area contributed by atoms with E-state index in [1.54, 1.807) is 0 Å². The number of urea groups is 2. The fourth-order valence-corrected chi connectivity index (χ4v) is 2.83. The first-order valence-electron chi connectivity index (χ1n) is 6.97. The van der Waals surface area contributed by atoms with Crippen LogP contribution in [0.15, 0.2) is 0 Å². The summed E-state index contributed by atoms with van der Waals surface area (Å²) in [7, 11) is 0. The molecule has 0 radical (unpaired) electrons. The lowest BCUT2D eigenvalue weighted by molar-refractivity contribution is -0.123. The molecule has 0 spiro atoms. The van der Waals surface area contributed by atoms with E-state index in [9.17, 15) is 19.2 Å². The summed E-state index contributed by atoms with van der Waals surface area (Å²) in [6, 6.07) is -2.33. The molecule has 0 bridgehead atoms. The highest BCUT2D eigenvalue weighted by atomic mass is 16.2. The average molecular weight is 296 g/mol. The standard InChI is InChI=1S/C13H20N4O4/c1-6(2)8-10(18)14-12(20)16(8)5-17-9(7(3)4)11(19)15-13(17)21/h6-9H,5H2,1-4H3,(H,14,18,20)(H,15,19,21). The first-order valence-corrected chi connectivity index (χ1v) is 6.97. The van der Waals surface area contributed by atoms with Crippen molar-refractivity contribution in [3.63, 3.8) is 0 Å². The molecule has 2 aliphatic rings. The first kappa shape index (κ1) is 15.3. The minimum absolute atomic E-state index is 0.0825. The number of hydrogen-bond donors (Lipinski definition) is 2. The van der Waals surface area contributed by atoms with Gasteiger partial charge < -0.3 is 0 Å². The van der Waals surface area contributed by atoms with E-state index in [2.05, 4.69) is 10.6 Å². The van der Waals surface area contributed by atoms with E-state index in [0.29, 0.717) is 0 Å². The number of imide groups is 2. The highest BCUT2D eigenvalue weighted by molar-refractivity contribution is 6.06. The zero-order chi connectivity index (χ0) is 15.9. The van der Waals surface area contributed by atoms with Gasteiger partial charge in [0.1, 0.15) is 18.8 Å². The molecule has 2 N–H and O–H groups in total. The number of rotatable bonds is 4. The molecule has 21 heavy (non-hydrogen) atoms. The van der Waals surface area contributed by atoms with E-state index < -0.39 is 24.1 Å². The molecule has 8 nitrogen and oxygen atoms in total. The molecule has 0 aliphatic carbocycles. The predicted molar refractivity (Wildman–Crippen MR) is 72.9 cm³/mol. The van der Waals surface area contributed by atoms with Crippen molar-refractivity contribution in [2.24, 2.45) is 11.8 Å². The molecule has 6 amide bonds. The third-order valence-electron chi connectivity index (χ3n) is 3.76. The van der Waals surface area contributed by atoms with Crippen LogP contribution in [-0.2, 0) is 9.59 Å². The topological polar surface area (TPSA) is 98.8 Å². The molecule has 2 aliphatic heterocycles. The average Bonchev–Trinajstić information content (AvgIpc) is 2.77. The predicted octanol–water partition coefficient (Wildman–Crippen LogP) is 0.0967. The van der Waals surface area contributed by atoms with E-state index in [4.69, 9.17) is 0 Å². The van der Waals surface area contributed by atoms with Gasteiger partial charge in [0.25, 0.3) is 11.8 Å². The Morgan fingerprint density at radius 1 is 0.810 bits per heavy atom. The lowest BCUT2D eigenvalue weighted by Gasteiger charge is -2.32. The Hall–Kier alpha value is -2.12. The molecule has 2 atom stereocenters. The van der Waals surface area contributed by atoms with Crippen LogP contribution in [0.4, 0.5) is 9.59 Å². The van der Waals surface area contributed by atoms with Crippen LogP contribution in [0.25, 0.3) is 0 Å². The monoisotopic (exact) mass is 296 g/mol. The number of hydrogen-bond acceptors (Lipinski definition) is 4. The van der Waals surface area contributed by atoms with Gasteiger partial charge in [0, 0.05) is 0 Å².